The fourth-order valence-electron chi connectivity index (χ4n) is 5.56. The minimum atomic E-state index is -0.409. The van der Waals surface area contributed by atoms with Gasteiger partial charge in [-0.3, -0.25) is 0 Å². The molecule has 4 bridgehead atoms. The average Bonchev–Trinajstić information content (AvgIpc) is 2.99. The number of halogens is 2. The van der Waals surface area contributed by atoms with Gasteiger partial charge in [-0.15, -0.1) is 10.2 Å². The normalized spacial score (nSPS) is 33.8. The third kappa shape index (κ3) is 2.44. The summed E-state index contributed by atoms with van der Waals surface area (Å²) in [5, 5.41) is 14.2. The minimum Gasteiger partial charge on any atom is -0.330 e. The molecule has 1 aromatic carbocycles. The van der Waals surface area contributed by atoms with Gasteiger partial charge < -0.3 is 5.32 Å². The summed E-state index contributed by atoms with van der Waals surface area (Å²) >= 11 is 7.50. The Morgan fingerprint density at radius 3 is 2.38 bits per heavy atom. The van der Waals surface area contributed by atoms with Gasteiger partial charge in [-0.05, 0) is 74.5 Å². The number of rotatable bonds is 3. The number of nitrogens with zero attached hydrogens (tertiary/aromatic N) is 2. The Labute approximate surface area is 149 Å². The van der Waals surface area contributed by atoms with Crippen LogP contribution in [0, 0.1) is 23.6 Å². The molecule has 4 aliphatic rings. The van der Waals surface area contributed by atoms with Gasteiger partial charge in [-0.2, -0.15) is 0 Å². The summed E-state index contributed by atoms with van der Waals surface area (Å²) < 4.78 is 13.3. The molecule has 4 aliphatic carbocycles. The second kappa shape index (κ2) is 5.40. The number of benzene rings is 1. The van der Waals surface area contributed by atoms with Gasteiger partial charge in [-0.25, -0.2) is 4.39 Å². The molecule has 24 heavy (non-hydrogen) atoms. The summed E-state index contributed by atoms with van der Waals surface area (Å²) in [4.78, 5) is 0. The molecule has 3 nitrogen and oxygen atoms in total. The van der Waals surface area contributed by atoms with Crippen LogP contribution in [0.3, 0.4) is 0 Å². The Balaban J connectivity index is 1.40. The predicted octanol–water partition coefficient (Wildman–Crippen LogP) is 5.54. The first-order valence-corrected chi connectivity index (χ1v) is 9.85. The lowest BCUT2D eigenvalue weighted by Gasteiger charge is -2.55. The van der Waals surface area contributed by atoms with Crippen LogP contribution >= 0.6 is 22.9 Å². The van der Waals surface area contributed by atoms with Crippen molar-refractivity contribution in [3.8, 4) is 0 Å². The van der Waals surface area contributed by atoms with Crippen LogP contribution in [0.1, 0.15) is 43.5 Å². The Kier molecular flexibility index (Phi) is 3.39. The number of aromatic nitrogens is 2. The summed E-state index contributed by atoms with van der Waals surface area (Å²) in [5.41, 5.74) is 1.02. The van der Waals surface area contributed by atoms with E-state index >= 15 is 0 Å². The summed E-state index contributed by atoms with van der Waals surface area (Å²) in [6.45, 7) is 0. The highest BCUT2D eigenvalue weighted by Crippen LogP contribution is 2.61. The van der Waals surface area contributed by atoms with Gasteiger partial charge in [-0.1, -0.05) is 22.9 Å². The van der Waals surface area contributed by atoms with E-state index in [1.54, 1.807) is 23.5 Å². The highest BCUT2D eigenvalue weighted by Gasteiger charge is 2.53. The van der Waals surface area contributed by atoms with Crippen molar-refractivity contribution in [1.29, 1.82) is 0 Å². The molecular weight excluding hydrogens is 345 g/mol. The van der Waals surface area contributed by atoms with E-state index in [2.05, 4.69) is 15.5 Å². The smallest absolute Gasteiger partial charge is 0.210 e. The first-order valence-electron chi connectivity index (χ1n) is 8.66. The predicted molar refractivity (Wildman–Crippen MR) is 94.5 cm³/mol. The SMILES string of the molecule is Fc1ccc(Nc2nnc(C34CC5CC(CC(C5)C3)C4)s2)cc1Cl. The first-order chi connectivity index (χ1) is 11.6. The number of nitrogens with one attached hydrogen (secondary N) is 1. The molecule has 0 saturated heterocycles. The third-order valence-corrected chi connectivity index (χ3v) is 7.46. The standard InChI is InChI=1S/C18H19ClFN3S/c19-14-6-13(1-2-15(14)20)21-17-23-22-16(24-17)18-7-10-3-11(8-18)5-12(4-10)9-18/h1-2,6,10-12H,3-5,7-9H2,(H,21,23). The highest BCUT2D eigenvalue weighted by atomic mass is 35.5. The van der Waals surface area contributed by atoms with E-state index in [1.807, 2.05) is 0 Å². The van der Waals surface area contributed by atoms with Crippen LogP contribution in [-0.2, 0) is 5.41 Å². The monoisotopic (exact) mass is 363 g/mol. The van der Waals surface area contributed by atoms with E-state index in [9.17, 15) is 4.39 Å². The van der Waals surface area contributed by atoms with E-state index in [4.69, 9.17) is 11.6 Å². The molecule has 126 valence electrons. The van der Waals surface area contributed by atoms with Crippen molar-refractivity contribution in [3.05, 3.63) is 34.0 Å². The lowest BCUT2D eigenvalue weighted by atomic mass is 9.50. The Morgan fingerprint density at radius 2 is 1.75 bits per heavy atom. The van der Waals surface area contributed by atoms with E-state index in [0.29, 0.717) is 0 Å². The van der Waals surface area contributed by atoms with E-state index in [-0.39, 0.29) is 10.4 Å². The largest absolute Gasteiger partial charge is 0.330 e. The van der Waals surface area contributed by atoms with Crippen molar-refractivity contribution in [2.75, 3.05) is 5.32 Å². The Bertz CT molecular complexity index is 755. The van der Waals surface area contributed by atoms with Crippen molar-refractivity contribution >= 4 is 33.8 Å². The lowest BCUT2D eigenvalue weighted by Crippen LogP contribution is -2.48. The summed E-state index contributed by atoms with van der Waals surface area (Å²) in [7, 11) is 0. The molecule has 1 aromatic heterocycles. The Morgan fingerprint density at radius 1 is 1.08 bits per heavy atom. The molecule has 0 unspecified atom stereocenters. The molecule has 0 radical (unpaired) electrons. The molecule has 0 amide bonds. The van der Waals surface area contributed by atoms with Crippen LogP contribution < -0.4 is 5.32 Å². The highest BCUT2D eigenvalue weighted by molar-refractivity contribution is 7.15. The lowest BCUT2D eigenvalue weighted by molar-refractivity contribution is -0.00555. The van der Waals surface area contributed by atoms with Crippen LogP contribution in [0.4, 0.5) is 15.2 Å². The second-order valence-corrected chi connectivity index (χ2v) is 9.25. The number of hydrogen-bond donors (Lipinski definition) is 1. The second-order valence-electron chi connectivity index (χ2n) is 7.86. The average molecular weight is 364 g/mol. The van der Waals surface area contributed by atoms with E-state index in [1.165, 1.54) is 49.6 Å². The molecule has 6 heteroatoms. The van der Waals surface area contributed by atoms with Gasteiger partial charge in [0.25, 0.3) is 0 Å². The van der Waals surface area contributed by atoms with Crippen LogP contribution in [0.25, 0.3) is 0 Å². The van der Waals surface area contributed by atoms with E-state index in [0.717, 1.165) is 28.6 Å². The molecule has 0 atom stereocenters. The molecule has 0 spiro atoms. The van der Waals surface area contributed by atoms with Crippen molar-refractivity contribution in [1.82, 2.24) is 10.2 Å². The van der Waals surface area contributed by atoms with Gasteiger partial charge in [0.05, 0.1) is 5.02 Å². The van der Waals surface area contributed by atoms with Gasteiger partial charge >= 0.3 is 0 Å². The van der Waals surface area contributed by atoms with Gasteiger partial charge in [0.15, 0.2) is 0 Å². The summed E-state index contributed by atoms with van der Waals surface area (Å²) in [5.74, 6) is 2.28. The quantitative estimate of drug-likeness (QED) is 0.777. The van der Waals surface area contributed by atoms with Crippen LogP contribution in [0.5, 0.6) is 0 Å². The van der Waals surface area contributed by atoms with Crippen LogP contribution in [0.15, 0.2) is 18.2 Å². The maximum atomic E-state index is 13.3. The zero-order valence-electron chi connectivity index (χ0n) is 13.3. The topological polar surface area (TPSA) is 37.8 Å². The molecule has 1 N–H and O–H groups in total. The summed E-state index contributed by atoms with van der Waals surface area (Å²) in [6.07, 6.45) is 8.15. The summed E-state index contributed by atoms with van der Waals surface area (Å²) in [6, 6.07) is 4.63. The maximum absolute atomic E-state index is 13.3. The molecule has 1 heterocycles. The number of hydrogen-bond acceptors (Lipinski definition) is 4. The van der Waals surface area contributed by atoms with Crippen molar-refractivity contribution in [2.24, 2.45) is 17.8 Å². The molecule has 4 saturated carbocycles. The van der Waals surface area contributed by atoms with Crippen molar-refractivity contribution < 1.29 is 4.39 Å². The van der Waals surface area contributed by atoms with Crippen LogP contribution in [-0.4, -0.2) is 10.2 Å². The van der Waals surface area contributed by atoms with E-state index < -0.39 is 5.82 Å². The van der Waals surface area contributed by atoms with Gasteiger partial charge in [0.2, 0.25) is 5.13 Å². The molecular formula is C18H19ClFN3S. The first kappa shape index (κ1) is 15.1. The maximum Gasteiger partial charge on any atom is 0.210 e. The zero-order valence-corrected chi connectivity index (χ0v) is 14.8. The Hall–Kier alpha value is -1.20. The fraction of sp³-hybridized carbons (Fsp3) is 0.556. The van der Waals surface area contributed by atoms with Crippen LogP contribution in [0.2, 0.25) is 5.02 Å². The molecule has 0 aliphatic heterocycles. The van der Waals surface area contributed by atoms with Crippen molar-refractivity contribution in [2.45, 2.75) is 43.9 Å². The van der Waals surface area contributed by atoms with Gasteiger partial charge in [0.1, 0.15) is 10.8 Å². The number of anilines is 2. The zero-order chi connectivity index (χ0) is 16.3. The minimum absolute atomic E-state index is 0.117. The molecule has 6 rings (SSSR count). The third-order valence-electron chi connectivity index (χ3n) is 6.09. The molecule has 2 aromatic rings. The fourth-order valence-corrected chi connectivity index (χ4v) is 6.72. The van der Waals surface area contributed by atoms with Gasteiger partial charge in [0, 0.05) is 11.1 Å². The molecule has 4 fully saturated rings. The van der Waals surface area contributed by atoms with Crippen molar-refractivity contribution in [3.63, 3.8) is 0 Å².